The van der Waals surface area contributed by atoms with Gasteiger partial charge >= 0.3 is 6.18 Å². The maximum absolute atomic E-state index is 12.4. The molecule has 174 valence electrons. The molecule has 0 fully saturated rings. The Kier molecular flexibility index (Phi) is 8.50. The van der Waals surface area contributed by atoms with Crippen molar-refractivity contribution in [2.24, 2.45) is 0 Å². The summed E-state index contributed by atoms with van der Waals surface area (Å²) >= 11 is 0. The van der Waals surface area contributed by atoms with Gasteiger partial charge in [0.2, 0.25) is 17.5 Å². The predicted molar refractivity (Wildman–Crippen MR) is 106 cm³/mol. The molecule has 0 bridgehead atoms. The standard InChI is InChI=1S/C20H22F3N3O6/c1-29-14-7-13(8-15(30-2)17(14)31-3)18(28)26-10-16(27)25-9-12-5-4-6-24-19(12)32-11-20(21,22)23/h4-8H,9-11H2,1-3H3,(H,25,27)(H,26,28). The number of nitrogens with one attached hydrogen (secondary N) is 2. The minimum Gasteiger partial charge on any atom is -0.493 e. The number of ether oxygens (including phenoxy) is 4. The zero-order valence-corrected chi connectivity index (χ0v) is 17.5. The van der Waals surface area contributed by atoms with E-state index in [1.54, 1.807) is 0 Å². The van der Waals surface area contributed by atoms with Gasteiger partial charge in [0.25, 0.3) is 5.91 Å². The van der Waals surface area contributed by atoms with E-state index in [1.165, 1.54) is 51.8 Å². The van der Waals surface area contributed by atoms with Crippen molar-refractivity contribution in [1.82, 2.24) is 15.6 Å². The monoisotopic (exact) mass is 457 g/mol. The lowest BCUT2D eigenvalue weighted by Crippen LogP contribution is -2.36. The third-order valence-electron chi connectivity index (χ3n) is 4.03. The van der Waals surface area contributed by atoms with Gasteiger partial charge in [-0.3, -0.25) is 9.59 Å². The summed E-state index contributed by atoms with van der Waals surface area (Å²) in [5.41, 5.74) is 0.420. The average molecular weight is 457 g/mol. The number of hydrogen-bond acceptors (Lipinski definition) is 7. The van der Waals surface area contributed by atoms with E-state index in [9.17, 15) is 22.8 Å². The number of carbonyl (C=O) groups excluding carboxylic acids is 2. The molecule has 0 radical (unpaired) electrons. The number of alkyl halides is 3. The van der Waals surface area contributed by atoms with Crippen molar-refractivity contribution in [3.8, 4) is 23.1 Å². The molecule has 32 heavy (non-hydrogen) atoms. The predicted octanol–water partition coefficient (Wildman–Crippen LogP) is 2.09. The summed E-state index contributed by atoms with van der Waals surface area (Å²) in [6, 6.07) is 5.81. The van der Waals surface area contributed by atoms with Crippen molar-refractivity contribution < 1.29 is 41.7 Å². The molecule has 1 aromatic carbocycles. The van der Waals surface area contributed by atoms with Gasteiger partial charge in [0.15, 0.2) is 18.1 Å². The molecule has 0 unspecified atom stereocenters. The highest BCUT2D eigenvalue weighted by atomic mass is 19.4. The Bertz CT molecular complexity index is 927. The van der Waals surface area contributed by atoms with Crippen LogP contribution in [-0.2, 0) is 11.3 Å². The number of pyridine rings is 1. The van der Waals surface area contributed by atoms with Crippen molar-refractivity contribution in [1.29, 1.82) is 0 Å². The van der Waals surface area contributed by atoms with Crippen molar-refractivity contribution >= 4 is 11.8 Å². The first-order valence-electron chi connectivity index (χ1n) is 9.16. The molecule has 0 aliphatic rings. The van der Waals surface area contributed by atoms with Crippen LogP contribution in [0.1, 0.15) is 15.9 Å². The highest BCUT2D eigenvalue weighted by Crippen LogP contribution is 2.38. The average Bonchev–Trinajstić information content (AvgIpc) is 2.78. The van der Waals surface area contributed by atoms with E-state index in [-0.39, 0.29) is 41.6 Å². The van der Waals surface area contributed by atoms with Crippen molar-refractivity contribution in [2.75, 3.05) is 34.5 Å². The number of methoxy groups -OCH3 is 3. The summed E-state index contributed by atoms with van der Waals surface area (Å²) in [6.07, 6.45) is -3.25. The second kappa shape index (κ2) is 11.1. The molecule has 2 N–H and O–H groups in total. The van der Waals surface area contributed by atoms with E-state index in [0.29, 0.717) is 5.75 Å². The Labute approximate surface area is 181 Å². The first kappa shape index (κ1) is 24.6. The van der Waals surface area contributed by atoms with Crippen LogP contribution >= 0.6 is 0 Å². The van der Waals surface area contributed by atoms with Crippen LogP contribution in [0.2, 0.25) is 0 Å². The lowest BCUT2D eigenvalue weighted by atomic mass is 10.1. The van der Waals surface area contributed by atoms with Gasteiger partial charge in [-0.15, -0.1) is 0 Å². The van der Waals surface area contributed by atoms with E-state index in [1.807, 2.05) is 0 Å². The molecule has 1 aromatic heterocycles. The molecule has 2 aromatic rings. The lowest BCUT2D eigenvalue weighted by Gasteiger charge is -2.14. The molecule has 1 heterocycles. The quantitative estimate of drug-likeness (QED) is 0.563. The summed E-state index contributed by atoms with van der Waals surface area (Å²) in [4.78, 5) is 28.2. The topological polar surface area (TPSA) is 108 Å². The number of amides is 2. The van der Waals surface area contributed by atoms with Crippen LogP contribution in [0, 0.1) is 0 Å². The van der Waals surface area contributed by atoms with Crippen LogP contribution in [0.3, 0.4) is 0 Å². The third-order valence-corrected chi connectivity index (χ3v) is 4.03. The van der Waals surface area contributed by atoms with Crippen LogP contribution in [0.15, 0.2) is 30.5 Å². The number of hydrogen-bond donors (Lipinski definition) is 2. The molecule has 0 aliphatic carbocycles. The lowest BCUT2D eigenvalue weighted by molar-refractivity contribution is -0.154. The normalized spacial score (nSPS) is 10.8. The first-order chi connectivity index (χ1) is 15.2. The molecule has 2 amide bonds. The van der Waals surface area contributed by atoms with Gasteiger partial charge in [0.05, 0.1) is 27.9 Å². The summed E-state index contributed by atoms with van der Waals surface area (Å²) in [6.45, 7) is -2.02. The Morgan fingerprint density at radius 1 is 1.03 bits per heavy atom. The van der Waals surface area contributed by atoms with Gasteiger partial charge in [-0.1, -0.05) is 6.07 Å². The minimum atomic E-state index is -4.52. The smallest absolute Gasteiger partial charge is 0.422 e. The van der Waals surface area contributed by atoms with E-state index < -0.39 is 24.6 Å². The Hall–Kier alpha value is -3.70. The molecular formula is C20H22F3N3O6. The molecule has 0 aliphatic heterocycles. The number of carbonyl (C=O) groups is 2. The van der Waals surface area contributed by atoms with Crippen LogP contribution in [0.4, 0.5) is 13.2 Å². The maximum atomic E-state index is 12.4. The van der Waals surface area contributed by atoms with E-state index in [0.717, 1.165) is 0 Å². The summed E-state index contributed by atoms with van der Waals surface area (Å²) in [5.74, 6) is -0.545. The molecule has 9 nitrogen and oxygen atoms in total. The molecular weight excluding hydrogens is 435 g/mol. The number of halogens is 3. The van der Waals surface area contributed by atoms with Gasteiger partial charge in [-0.05, 0) is 18.2 Å². The SMILES string of the molecule is COc1cc(C(=O)NCC(=O)NCc2cccnc2OCC(F)(F)F)cc(OC)c1OC. The van der Waals surface area contributed by atoms with Crippen LogP contribution < -0.4 is 29.6 Å². The Balaban J connectivity index is 1.95. The third kappa shape index (κ3) is 6.93. The van der Waals surface area contributed by atoms with Gasteiger partial charge in [-0.2, -0.15) is 13.2 Å². The zero-order valence-electron chi connectivity index (χ0n) is 17.5. The number of benzene rings is 1. The first-order valence-corrected chi connectivity index (χ1v) is 9.16. The number of nitrogens with zero attached hydrogens (tertiary/aromatic N) is 1. The maximum Gasteiger partial charge on any atom is 0.422 e. The largest absolute Gasteiger partial charge is 0.493 e. The number of rotatable bonds is 10. The zero-order chi connectivity index (χ0) is 23.7. The number of aromatic nitrogens is 1. The minimum absolute atomic E-state index is 0.139. The molecule has 12 heteroatoms. The Morgan fingerprint density at radius 2 is 1.69 bits per heavy atom. The highest BCUT2D eigenvalue weighted by Gasteiger charge is 2.29. The molecule has 0 saturated heterocycles. The second-order valence-electron chi connectivity index (χ2n) is 6.24. The van der Waals surface area contributed by atoms with Gasteiger partial charge in [-0.25, -0.2) is 4.98 Å². The van der Waals surface area contributed by atoms with Gasteiger partial charge < -0.3 is 29.6 Å². The second-order valence-corrected chi connectivity index (χ2v) is 6.24. The van der Waals surface area contributed by atoms with Gasteiger partial charge in [0.1, 0.15) is 0 Å². The van der Waals surface area contributed by atoms with E-state index in [2.05, 4.69) is 20.4 Å². The molecule has 0 atom stereocenters. The molecule has 2 rings (SSSR count). The summed E-state index contributed by atoms with van der Waals surface area (Å²) in [5, 5.41) is 4.92. The molecule has 0 saturated carbocycles. The van der Waals surface area contributed by atoms with E-state index >= 15 is 0 Å². The van der Waals surface area contributed by atoms with E-state index in [4.69, 9.17) is 14.2 Å². The van der Waals surface area contributed by atoms with Crippen molar-refractivity contribution in [3.05, 3.63) is 41.6 Å². The van der Waals surface area contributed by atoms with Crippen LogP contribution in [-0.4, -0.2) is 57.5 Å². The van der Waals surface area contributed by atoms with Crippen molar-refractivity contribution in [3.63, 3.8) is 0 Å². The summed E-state index contributed by atoms with van der Waals surface area (Å²) in [7, 11) is 4.22. The Morgan fingerprint density at radius 3 is 2.25 bits per heavy atom. The highest BCUT2D eigenvalue weighted by molar-refractivity contribution is 5.97. The van der Waals surface area contributed by atoms with Crippen LogP contribution in [0.25, 0.3) is 0 Å². The van der Waals surface area contributed by atoms with Crippen LogP contribution in [0.5, 0.6) is 23.1 Å². The fourth-order valence-electron chi connectivity index (χ4n) is 2.57. The van der Waals surface area contributed by atoms with Gasteiger partial charge in [0, 0.05) is 23.9 Å². The fraction of sp³-hybridized carbons (Fsp3) is 0.350. The van der Waals surface area contributed by atoms with Crippen molar-refractivity contribution in [2.45, 2.75) is 12.7 Å². The fourth-order valence-corrected chi connectivity index (χ4v) is 2.57. The molecule has 0 spiro atoms. The summed E-state index contributed by atoms with van der Waals surface area (Å²) < 4.78 is 57.3.